The van der Waals surface area contributed by atoms with Crippen molar-refractivity contribution in [3.63, 3.8) is 0 Å². The Kier molecular flexibility index (Phi) is 6.83. The fraction of sp³-hybridized carbons (Fsp3) is 0.312. The Hall–Kier alpha value is -1.76. The van der Waals surface area contributed by atoms with Crippen molar-refractivity contribution >= 4 is 35.1 Å². The highest BCUT2D eigenvalue weighted by Crippen LogP contribution is 2.58. The van der Waals surface area contributed by atoms with E-state index in [4.69, 9.17) is 9.79 Å². The maximum absolute atomic E-state index is 13.7. The smallest absolute Gasteiger partial charge is 0.322 e. The van der Waals surface area contributed by atoms with Gasteiger partial charge in [0, 0.05) is 15.7 Å². The highest BCUT2D eigenvalue weighted by Gasteiger charge is 2.54. The molecule has 1 aliphatic carbocycles. The van der Waals surface area contributed by atoms with Gasteiger partial charge in [0.25, 0.3) is 5.91 Å². The molecule has 1 aromatic carbocycles. The number of halogens is 9. The van der Waals surface area contributed by atoms with Crippen molar-refractivity contribution in [2.24, 2.45) is 5.92 Å². The first-order valence-electron chi connectivity index (χ1n) is 7.97. The Labute approximate surface area is 177 Å². The summed E-state index contributed by atoms with van der Waals surface area (Å²) in [7, 11) is -5.82. The van der Waals surface area contributed by atoms with E-state index < -0.39 is 70.7 Å². The quantitative estimate of drug-likeness (QED) is 0.336. The molecule has 1 amide bonds. The van der Waals surface area contributed by atoms with E-state index in [9.17, 15) is 44.5 Å². The van der Waals surface area contributed by atoms with Gasteiger partial charge in [-0.15, -0.1) is 0 Å². The van der Waals surface area contributed by atoms with E-state index in [2.05, 4.69) is 15.9 Å². The molecule has 31 heavy (non-hydrogen) atoms. The van der Waals surface area contributed by atoms with Crippen molar-refractivity contribution in [3.05, 3.63) is 51.5 Å². The summed E-state index contributed by atoms with van der Waals surface area (Å²) in [6, 6.07) is 0.518. The molecule has 0 saturated heterocycles. The normalized spacial score (nSPS) is 18.0. The largest absolute Gasteiger partial charge is 0.417 e. The van der Waals surface area contributed by atoms with Crippen LogP contribution in [0.4, 0.5) is 40.8 Å². The second kappa shape index (κ2) is 8.30. The van der Waals surface area contributed by atoms with Crippen LogP contribution in [0, 0.1) is 5.92 Å². The zero-order chi connectivity index (χ0) is 24.0. The lowest BCUT2D eigenvalue weighted by Crippen LogP contribution is -2.28. The number of hydrogen-bond donors (Lipinski definition) is 3. The van der Waals surface area contributed by atoms with E-state index in [1.54, 1.807) is 0 Å². The van der Waals surface area contributed by atoms with Gasteiger partial charge < -0.3 is 15.1 Å². The van der Waals surface area contributed by atoms with Crippen LogP contribution in [0.3, 0.4) is 0 Å². The van der Waals surface area contributed by atoms with Crippen molar-refractivity contribution in [2.45, 2.75) is 24.4 Å². The minimum atomic E-state index is -5.82. The number of carbonyl (C=O) groups is 1. The SMILES string of the molecule is O=C(Nc1cc(C(F)(F)F)c(Br)c(C(F)(F)F)c1)C1=CCC(C(F)(F)P(=O)(O)O)C=C1. The van der Waals surface area contributed by atoms with Crippen LogP contribution in [0.25, 0.3) is 0 Å². The third kappa shape index (κ3) is 5.54. The number of carbonyl (C=O) groups excluding carboxylic acids is 1. The summed E-state index contributed by atoms with van der Waals surface area (Å²) in [5.41, 5.74) is -9.09. The number of nitrogens with one attached hydrogen (secondary N) is 1. The van der Waals surface area contributed by atoms with Gasteiger partial charge in [0.05, 0.1) is 17.0 Å². The van der Waals surface area contributed by atoms with Gasteiger partial charge in [0.2, 0.25) is 0 Å². The maximum Gasteiger partial charge on any atom is 0.417 e. The van der Waals surface area contributed by atoms with Crippen LogP contribution < -0.4 is 5.32 Å². The average Bonchev–Trinajstić information content (AvgIpc) is 2.60. The maximum atomic E-state index is 13.7. The lowest BCUT2D eigenvalue weighted by molar-refractivity contribution is -0.144. The van der Waals surface area contributed by atoms with Crippen molar-refractivity contribution in [2.75, 3.05) is 5.32 Å². The lowest BCUT2D eigenvalue weighted by atomic mass is 9.96. The van der Waals surface area contributed by atoms with Crippen LogP contribution in [0.2, 0.25) is 0 Å². The number of hydrogen-bond acceptors (Lipinski definition) is 2. The summed E-state index contributed by atoms with van der Waals surface area (Å²) in [5.74, 6) is -3.18. The number of alkyl halides is 8. The molecule has 1 atom stereocenters. The summed E-state index contributed by atoms with van der Waals surface area (Å²) in [6.45, 7) is 0. The first-order chi connectivity index (χ1) is 13.9. The number of benzene rings is 1. The van der Waals surface area contributed by atoms with Crippen molar-refractivity contribution in [1.82, 2.24) is 0 Å². The Bertz CT molecular complexity index is 961. The van der Waals surface area contributed by atoms with Gasteiger partial charge in [-0.1, -0.05) is 18.2 Å². The third-order valence-corrected chi connectivity index (χ3v) is 6.10. The molecule has 2 rings (SSSR count). The standard InChI is InChI=1S/C16H11BrF8NO4P/c17-12-10(14(18,19)20)5-9(6-11(12)15(21,22)23)26-13(27)7-1-3-8(4-2-7)16(24,25)31(28,29)30/h1-3,5-6,8H,4H2,(H,26,27)(H2,28,29,30). The molecule has 5 nitrogen and oxygen atoms in total. The Morgan fingerprint density at radius 1 is 1.03 bits per heavy atom. The van der Waals surface area contributed by atoms with Crippen molar-refractivity contribution < 1.29 is 54.3 Å². The van der Waals surface area contributed by atoms with Gasteiger partial charge in [-0.25, -0.2) is 0 Å². The van der Waals surface area contributed by atoms with E-state index in [-0.39, 0.29) is 12.1 Å². The highest BCUT2D eigenvalue weighted by atomic mass is 79.9. The molecule has 0 spiro atoms. The first kappa shape index (κ1) is 25.5. The lowest BCUT2D eigenvalue weighted by Gasteiger charge is -2.26. The van der Waals surface area contributed by atoms with E-state index in [1.165, 1.54) is 0 Å². The molecule has 0 saturated carbocycles. The van der Waals surface area contributed by atoms with Crippen LogP contribution >= 0.6 is 23.5 Å². The number of anilines is 1. The van der Waals surface area contributed by atoms with E-state index >= 15 is 0 Å². The third-order valence-electron chi connectivity index (χ3n) is 4.14. The summed E-state index contributed by atoms with van der Waals surface area (Å²) in [6.07, 6.45) is -8.90. The predicted molar refractivity (Wildman–Crippen MR) is 95.1 cm³/mol. The number of allylic oxidation sites excluding steroid dienone is 2. The van der Waals surface area contributed by atoms with Crippen LogP contribution in [-0.2, 0) is 21.7 Å². The Balaban J connectivity index is 2.31. The van der Waals surface area contributed by atoms with E-state index in [0.717, 1.165) is 12.2 Å². The van der Waals surface area contributed by atoms with Crippen LogP contribution in [0.1, 0.15) is 17.5 Å². The summed E-state index contributed by atoms with van der Waals surface area (Å²) in [5, 5.41) is 1.83. The van der Waals surface area contributed by atoms with Crippen LogP contribution in [0.5, 0.6) is 0 Å². The average molecular weight is 544 g/mol. The molecule has 0 radical (unpaired) electrons. The molecular formula is C16H11BrF8NO4P. The molecule has 15 heteroatoms. The topological polar surface area (TPSA) is 86.6 Å². The Morgan fingerprint density at radius 3 is 1.87 bits per heavy atom. The van der Waals surface area contributed by atoms with Gasteiger partial charge in [-0.3, -0.25) is 9.36 Å². The zero-order valence-corrected chi connectivity index (χ0v) is 17.2. The number of amides is 1. The van der Waals surface area contributed by atoms with E-state index in [0.29, 0.717) is 6.08 Å². The van der Waals surface area contributed by atoms with Gasteiger partial charge in [-0.05, 0) is 34.5 Å². The molecular weight excluding hydrogens is 533 g/mol. The molecule has 0 fully saturated rings. The minimum absolute atomic E-state index is 0.259. The zero-order valence-electron chi connectivity index (χ0n) is 14.7. The summed E-state index contributed by atoms with van der Waals surface area (Å²) in [4.78, 5) is 29.6. The Morgan fingerprint density at radius 2 is 1.52 bits per heavy atom. The van der Waals surface area contributed by atoms with Crippen molar-refractivity contribution in [3.8, 4) is 0 Å². The van der Waals surface area contributed by atoms with Crippen molar-refractivity contribution in [1.29, 1.82) is 0 Å². The fourth-order valence-corrected chi connectivity index (χ4v) is 3.88. The van der Waals surface area contributed by atoms with E-state index in [1.807, 2.05) is 5.32 Å². The van der Waals surface area contributed by atoms with Gasteiger partial charge >= 0.3 is 25.6 Å². The molecule has 1 unspecified atom stereocenters. The molecule has 1 aromatic rings. The van der Waals surface area contributed by atoms with Crippen LogP contribution in [0.15, 0.2) is 40.4 Å². The molecule has 1 aliphatic rings. The van der Waals surface area contributed by atoms with Crippen LogP contribution in [-0.4, -0.2) is 21.4 Å². The first-order valence-corrected chi connectivity index (χ1v) is 10.4. The fourth-order valence-electron chi connectivity index (χ4n) is 2.57. The molecule has 0 aromatic heterocycles. The molecule has 0 aliphatic heterocycles. The second-order valence-corrected chi connectivity index (χ2v) is 8.80. The molecule has 0 heterocycles. The van der Waals surface area contributed by atoms with Gasteiger partial charge in [0.15, 0.2) is 0 Å². The van der Waals surface area contributed by atoms with Gasteiger partial charge in [0.1, 0.15) is 0 Å². The van der Waals surface area contributed by atoms with Gasteiger partial charge in [-0.2, -0.15) is 35.1 Å². The summed E-state index contributed by atoms with van der Waals surface area (Å²) >= 11 is 2.26. The molecule has 0 bridgehead atoms. The highest BCUT2D eigenvalue weighted by molar-refractivity contribution is 9.10. The minimum Gasteiger partial charge on any atom is -0.322 e. The monoisotopic (exact) mass is 543 g/mol. The molecule has 172 valence electrons. The molecule has 3 N–H and O–H groups in total. The summed E-state index contributed by atoms with van der Waals surface area (Å²) < 4.78 is 115. The predicted octanol–water partition coefficient (Wildman–Crippen LogP) is 5.70. The number of rotatable bonds is 4. The second-order valence-electron chi connectivity index (χ2n) is 6.33.